The molecular formula is C7H5F3N2O3. The van der Waals surface area contributed by atoms with Gasteiger partial charge in [-0.15, -0.1) is 0 Å². The summed E-state index contributed by atoms with van der Waals surface area (Å²) >= 11 is 0. The number of rotatable bonds is 2. The van der Waals surface area contributed by atoms with Crippen molar-refractivity contribution in [2.24, 2.45) is 0 Å². The zero-order chi connectivity index (χ0) is 11.6. The predicted molar refractivity (Wildman–Crippen MR) is 43.4 cm³/mol. The Bertz CT molecular complexity index is 438. The Balaban J connectivity index is 3.17. The first-order chi connectivity index (χ1) is 6.81. The molecule has 0 fully saturated rings. The van der Waals surface area contributed by atoms with E-state index in [0.29, 0.717) is 0 Å². The van der Waals surface area contributed by atoms with Crippen LogP contribution in [0, 0.1) is 10.1 Å². The van der Waals surface area contributed by atoms with Crippen molar-refractivity contribution in [3.8, 4) is 0 Å². The van der Waals surface area contributed by atoms with Crippen LogP contribution in [0.15, 0.2) is 23.1 Å². The van der Waals surface area contributed by atoms with Crippen LogP contribution in [0.25, 0.3) is 0 Å². The molecule has 0 amide bonds. The lowest BCUT2D eigenvalue weighted by Gasteiger charge is -2.07. The van der Waals surface area contributed by atoms with Gasteiger partial charge in [0.25, 0.3) is 0 Å². The summed E-state index contributed by atoms with van der Waals surface area (Å²) < 4.78 is 36.0. The Morgan fingerprint density at radius 3 is 2.53 bits per heavy atom. The number of hydrogen-bond acceptors (Lipinski definition) is 3. The molecule has 0 aliphatic carbocycles. The largest absolute Gasteiger partial charge is 0.406 e. The third kappa shape index (κ3) is 2.79. The van der Waals surface area contributed by atoms with Crippen LogP contribution in [0.2, 0.25) is 0 Å². The first-order valence-electron chi connectivity index (χ1n) is 3.72. The monoisotopic (exact) mass is 222 g/mol. The van der Waals surface area contributed by atoms with Gasteiger partial charge in [-0.05, 0) is 6.07 Å². The van der Waals surface area contributed by atoms with E-state index in [1.54, 1.807) is 0 Å². The molecule has 0 aliphatic rings. The quantitative estimate of drug-likeness (QED) is 0.559. The fourth-order valence-electron chi connectivity index (χ4n) is 0.981. The minimum Gasteiger partial charge on any atom is -0.301 e. The summed E-state index contributed by atoms with van der Waals surface area (Å²) in [7, 11) is 0. The summed E-state index contributed by atoms with van der Waals surface area (Å²) in [6.45, 7) is -1.53. The van der Waals surface area contributed by atoms with Crippen LogP contribution in [0.5, 0.6) is 0 Å². The number of aromatic nitrogens is 1. The van der Waals surface area contributed by atoms with E-state index in [0.717, 1.165) is 18.3 Å². The van der Waals surface area contributed by atoms with Crippen molar-refractivity contribution in [1.82, 2.24) is 4.57 Å². The molecule has 0 spiro atoms. The Kier molecular flexibility index (Phi) is 2.78. The molecule has 0 saturated heterocycles. The van der Waals surface area contributed by atoms with Crippen molar-refractivity contribution >= 4 is 5.69 Å². The number of alkyl halides is 3. The van der Waals surface area contributed by atoms with Gasteiger partial charge in [0.05, 0.1) is 4.92 Å². The van der Waals surface area contributed by atoms with Gasteiger partial charge < -0.3 is 4.57 Å². The van der Waals surface area contributed by atoms with Gasteiger partial charge in [-0.2, -0.15) is 13.2 Å². The lowest BCUT2D eigenvalue weighted by Crippen LogP contribution is -2.28. The number of nitrogens with zero attached hydrogens (tertiary/aromatic N) is 2. The molecule has 15 heavy (non-hydrogen) atoms. The number of nitro groups is 1. The minimum atomic E-state index is -4.58. The van der Waals surface area contributed by atoms with E-state index >= 15 is 0 Å². The average molecular weight is 222 g/mol. The Morgan fingerprint density at radius 1 is 1.47 bits per heavy atom. The first-order valence-corrected chi connectivity index (χ1v) is 3.72. The smallest absolute Gasteiger partial charge is 0.301 e. The van der Waals surface area contributed by atoms with Crippen LogP contribution >= 0.6 is 0 Å². The van der Waals surface area contributed by atoms with Gasteiger partial charge in [0.2, 0.25) is 0 Å². The summed E-state index contributed by atoms with van der Waals surface area (Å²) in [6.07, 6.45) is -3.73. The molecule has 8 heteroatoms. The van der Waals surface area contributed by atoms with Crippen molar-refractivity contribution in [3.63, 3.8) is 0 Å². The van der Waals surface area contributed by atoms with Gasteiger partial charge in [0.1, 0.15) is 6.54 Å². The van der Waals surface area contributed by atoms with Crippen molar-refractivity contribution < 1.29 is 18.1 Å². The molecule has 1 heterocycles. The molecule has 0 bridgehead atoms. The molecule has 0 aliphatic heterocycles. The van der Waals surface area contributed by atoms with Crippen molar-refractivity contribution in [3.05, 3.63) is 38.8 Å². The van der Waals surface area contributed by atoms with Crippen LogP contribution in [-0.4, -0.2) is 15.7 Å². The van der Waals surface area contributed by atoms with Gasteiger partial charge in [-0.3, -0.25) is 14.9 Å². The maximum atomic E-state index is 11.9. The summed E-state index contributed by atoms with van der Waals surface area (Å²) in [5, 5.41) is 10.3. The zero-order valence-corrected chi connectivity index (χ0v) is 7.19. The highest BCUT2D eigenvalue weighted by atomic mass is 19.4. The van der Waals surface area contributed by atoms with E-state index in [-0.39, 0.29) is 4.57 Å². The second-order valence-corrected chi connectivity index (χ2v) is 2.70. The average Bonchev–Trinajstić information content (AvgIpc) is 2.05. The fourth-order valence-corrected chi connectivity index (χ4v) is 0.981. The molecular weight excluding hydrogens is 217 g/mol. The topological polar surface area (TPSA) is 65.1 Å². The lowest BCUT2D eigenvalue weighted by atomic mass is 10.4. The summed E-state index contributed by atoms with van der Waals surface area (Å²) in [4.78, 5) is 20.3. The Hall–Kier alpha value is -1.86. The molecule has 0 saturated carbocycles. The Morgan fingerprint density at radius 2 is 2.07 bits per heavy atom. The summed E-state index contributed by atoms with van der Waals surface area (Å²) in [5.41, 5.74) is -2.14. The first kappa shape index (κ1) is 11.2. The number of hydrogen-bond donors (Lipinski definition) is 0. The van der Waals surface area contributed by atoms with E-state index in [2.05, 4.69) is 0 Å². The maximum absolute atomic E-state index is 11.9. The van der Waals surface area contributed by atoms with E-state index in [1.807, 2.05) is 0 Å². The second kappa shape index (κ2) is 3.71. The van der Waals surface area contributed by atoms with Crippen LogP contribution in [-0.2, 0) is 6.54 Å². The molecule has 0 unspecified atom stereocenters. The molecule has 0 radical (unpaired) electrons. The zero-order valence-electron chi connectivity index (χ0n) is 7.19. The highest BCUT2D eigenvalue weighted by Crippen LogP contribution is 2.16. The van der Waals surface area contributed by atoms with Crippen LogP contribution < -0.4 is 5.56 Å². The van der Waals surface area contributed by atoms with Crippen molar-refractivity contribution in [2.45, 2.75) is 12.7 Å². The molecule has 5 nitrogen and oxygen atoms in total. The molecule has 82 valence electrons. The van der Waals surface area contributed by atoms with Gasteiger partial charge >= 0.3 is 17.4 Å². The van der Waals surface area contributed by atoms with Crippen LogP contribution in [0.3, 0.4) is 0 Å². The standard InChI is InChI=1S/C7H5F3N2O3/c8-7(9,10)4-11-3-1-2-5(6(11)13)12(14)15/h1-3H,4H2. The van der Waals surface area contributed by atoms with Crippen LogP contribution in [0.1, 0.15) is 0 Å². The van der Waals surface area contributed by atoms with Crippen LogP contribution in [0.4, 0.5) is 18.9 Å². The van der Waals surface area contributed by atoms with Gasteiger partial charge in [-0.25, -0.2) is 0 Å². The number of pyridine rings is 1. The fraction of sp³-hybridized carbons (Fsp3) is 0.286. The molecule has 0 aromatic carbocycles. The molecule has 1 rings (SSSR count). The van der Waals surface area contributed by atoms with E-state index < -0.39 is 28.9 Å². The van der Waals surface area contributed by atoms with E-state index in [1.165, 1.54) is 0 Å². The Labute approximate surface area is 80.9 Å². The highest BCUT2D eigenvalue weighted by Gasteiger charge is 2.29. The second-order valence-electron chi connectivity index (χ2n) is 2.70. The van der Waals surface area contributed by atoms with Crippen molar-refractivity contribution in [2.75, 3.05) is 0 Å². The maximum Gasteiger partial charge on any atom is 0.406 e. The minimum absolute atomic E-state index is 0.248. The third-order valence-corrected chi connectivity index (χ3v) is 1.55. The highest BCUT2D eigenvalue weighted by molar-refractivity contribution is 5.25. The molecule has 1 aromatic heterocycles. The number of halogens is 3. The molecule has 0 N–H and O–H groups in total. The third-order valence-electron chi connectivity index (χ3n) is 1.55. The van der Waals surface area contributed by atoms with E-state index in [4.69, 9.17) is 0 Å². The summed E-state index contributed by atoms with van der Waals surface area (Å²) in [5.74, 6) is 0. The lowest BCUT2D eigenvalue weighted by molar-refractivity contribution is -0.386. The molecule has 1 aromatic rings. The SMILES string of the molecule is O=c1c([N+](=O)[O-])cccn1CC(F)(F)F. The normalized spacial score (nSPS) is 11.4. The molecule has 0 atom stereocenters. The van der Waals surface area contributed by atoms with Gasteiger partial charge in [0.15, 0.2) is 0 Å². The van der Waals surface area contributed by atoms with E-state index in [9.17, 15) is 28.1 Å². The van der Waals surface area contributed by atoms with Crippen molar-refractivity contribution in [1.29, 1.82) is 0 Å². The predicted octanol–water partition coefficient (Wildman–Crippen LogP) is 1.32. The van der Waals surface area contributed by atoms with Gasteiger partial charge in [-0.1, -0.05) is 0 Å². The summed E-state index contributed by atoms with van der Waals surface area (Å²) in [6, 6.07) is 1.88. The van der Waals surface area contributed by atoms with Gasteiger partial charge in [0, 0.05) is 12.3 Å².